The second kappa shape index (κ2) is 3.38. The number of halogens is 1. The van der Waals surface area contributed by atoms with Crippen LogP contribution in [0, 0.1) is 6.21 Å². The Balaban J connectivity index is 2.03. The average molecular weight is 238 g/mol. The summed E-state index contributed by atoms with van der Waals surface area (Å²) in [6.45, 7) is -2.27. The van der Waals surface area contributed by atoms with Gasteiger partial charge in [-0.2, -0.15) is 5.10 Å². The molecule has 0 aliphatic carbocycles. The number of rotatable bonds is 1. The fourth-order valence-electron chi connectivity index (χ4n) is 1.68. The molecule has 5 nitrogen and oxygen atoms in total. The van der Waals surface area contributed by atoms with Gasteiger partial charge < -0.3 is 0 Å². The molecular weight excluding hydrogens is 226 g/mol. The first-order chi connectivity index (χ1) is 8.95. The Kier molecular flexibility index (Phi) is 1.43. The van der Waals surface area contributed by atoms with Crippen molar-refractivity contribution in [2.24, 2.45) is 6.98 Å². The van der Waals surface area contributed by atoms with Crippen molar-refractivity contribution in [3.63, 3.8) is 0 Å². The molecular formula is C10H9ClN5+. The van der Waals surface area contributed by atoms with E-state index >= 15 is 0 Å². The third kappa shape index (κ3) is 1.40. The van der Waals surface area contributed by atoms with Crippen molar-refractivity contribution in [1.82, 2.24) is 19.9 Å². The lowest BCUT2D eigenvalue weighted by Gasteiger charge is -1.92. The molecule has 1 unspecified atom stereocenters. The van der Waals surface area contributed by atoms with E-state index in [2.05, 4.69) is 15.2 Å². The van der Waals surface area contributed by atoms with Crippen molar-refractivity contribution in [1.29, 1.82) is 0 Å². The van der Waals surface area contributed by atoms with Gasteiger partial charge in [0.2, 0.25) is 5.15 Å². The number of fused-ring (bicyclic) bond motifs is 1. The Morgan fingerprint density at radius 1 is 1.62 bits per heavy atom. The molecule has 16 heavy (non-hydrogen) atoms. The zero-order chi connectivity index (χ0) is 13.6. The molecule has 2 aromatic heterocycles. The van der Waals surface area contributed by atoms with Crippen LogP contribution in [0.1, 0.15) is 15.6 Å². The first-order valence-electron chi connectivity index (χ1n) is 6.12. The summed E-state index contributed by atoms with van der Waals surface area (Å²) in [6, 6.07) is 0. The minimum Gasteiger partial charge on any atom is -0.276 e. The summed E-state index contributed by atoms with van der Waals surface area (Å²) in [5.41, 5.74) is 0.762. The molecule has 1 atom stereocenters. The van der Waals surface area contributed by atoms with Crippen LogP contribution in [0.2, 0.25) is 5.15 Å². The van der Waals surface area contributed by atoms with Crippen molar-refractivity contribution in [2.45, 2.75) is 5.92 Å². The molecule has 0 radical (unpaired) electrons. The second-order valence-corrected chi connectivity index (χ2v) is 3.80. The van der Waals surface area contributed by atoms with Crippen LogP contribution in [0.15, 0.2) is 18.7 Å². The predicted octanol–water partition coefficient (Wildman–Crippen LogP) is -0.261. The molecule has 0 fully saturated rings. The lowest BCUT2D eigenvalue weighted by Crippen LogP contribution is -2.39. The monoisotopic (exact) mass is 237 g/mol. The normalized spacial score (nSPS) is 21.3. The molecule has 3 rings (SSSR count). The topological polar surface area (TPSA) is 49.5 Å². The molecule has 1 aliphatic rings. The molecule has 0 bridgehead atoms. The standard InChI is InChI=1S/C10H9ClN5/c1-15-4-8(3-13-15)7-2-9-10(11)12-6-14-16(9)5-7/h2-7H,1H3/q+1/i1D3. The minimum absolute atomic E-state index is 0.120. The van der Waals surface area contributed by atoms with Gasteiger partial charge in [-0.25, -0.2) is 4.98 Å². The fourth-order valence-corrected chi connectivity index (χ4v) is 1.87. The van der Waals surface area contributed by atoms with E-state index in [1.807, 2.05) is 12.3 Å². The van der Waals surface area contributed by atoms with E-state index in [0.717, 1.165) is 10.2 Å². The number of nitrogens with zero attached hydrogens (tertiary/aromatic N) is 5. The quantitative estimate of drug-likeness (QED) is 0.642. The molecule has 0 spiro atoms. The second-order valence-electron chi connectivity index (χ2n) is 3.44. The summed E-state index contributed by atoms with van der Waals surface area (Å²) in [5, 5.41) is 8.95. The summed E-state index contributed by atoms with van der Waals surface area (Å²) in [5.74, 6) is -0.120. The Morgan fingerprint density at radius 2 is 2.56 bits per heavy atom. The van der Waals surface area contributed by atoms with Crippen LogP contribution in [-0.2, 0) is 6.98 Å². The van der Waals surface area contributed by atoms with Crippen molar-refractivity contribution >= 4 is 17.7 Å². The van der Waals surface area contributed by atoms with Crippen LogP contribution in [0.5, 0.6) is 0 Å². The van der Waals surface area contributed by atoms with E-state index in [1.54, 1.807) is 4.36 Å². The maximum Gasteiger partial charge on any atom is 0.272 e. The maximum atomic E-state index is 7.28. The van der Waals surface area contributed by atoms with Gasteiger partial charge in [0.25, 0.3) is 5.35 Å². The van der Waals surface area contributed by atoms with E-state index in [4.69, 9.17) is 15.7 Å². The van der Waals surface area contributed by atoms with Gasteiger partial charge in [-0.05, 0) is 0 Å². The van der Waals surface area contributed by atoms with E-state index in [0.29, 0.717) is 10.5 Å². The van der Waals surface area contributed by atoms with Crippen LogP contribution < -0.4 is 9.71 Å². The Hall–Kier alpha value is -1.75. The van der Waals surface area contributed by atoms with E-state index in [1.165, 1.54) is 18.7 Å². The number of aromatic nitrogens is 5. The Labute approximate surface area is 101 Å². The summed E-state index contributed by atoms with van der Waals surface area (Å²) in [4.78, 5) is 3.89. The number of hydrogen-bond donors (Lipinski definition) is 0. The molecule has 0 amide bonds. The van der Waals surface area contributed by atoms with Gasteiger partial charge in [0.1, 0.15) is 0 Å². The summed E-state index contributed by atoms with van der Waals surface area (Å²) >= 11 is 5.97. The van der Waals surface area contributed by atoms with Crippen molar-refractivity contribution in [3.05, 3.63) is 41.0 Å². The molecule has 0 aromatic carbocycles. The van der Waals surface area contributed by atoms with Crippen LogP contribution >= 0.6 is 11.6 Å². The summed E-state index contributed by atoms with van der Waals surface area (Å²) < 4.78 is 24.4. The Morgan fingerprint density at radius 3 is 3.31 bits per heavy atom. The van der Waals surface area contributed by atoms with Crippen LogP contribution in [-0.4, -0.2) is 19.9 Å². The van der Waals surface area contributed by atoms with Crippen molar-refractivity contribution < 1.29 is 8.47 Å². The molecule has 0 N–H and O–H groups in total. The van der Waals surface area contributed by atoms with E-state index < -0.39 is 6.98 Å². The first kappa shape index (κ1) is 6.75. The summed E-state index contributed by atoms with van der Waals surface area (Å²) in [7, 11) is 0. The highest BCUT2D eigenvalue weighted by molar-refractivity contribution is 6.29. The van der Waals surface area contributed by atoms with Crippen LogP contribution in [0.25, 0.3) is 6.08 Å². The zero-order valence-corrected chi connectivity index (χ0v) is 8.83. The number of hydrogen-bond acceptors (Lipinski definition) is 3. The van der Waals surface area contributed by atoms with Gasteiger partial charge in [0.05, 0.1) is 12.1 Å². The molecule has 2 aromatic rings. The highest BCUT2D eigenvalue weighted by Crippen LogP contribution is 2.17. The van der Waals surface area contributed by atoms with Crippen molar-refractivity contribution in [3.8, 4) is 0 Å². The van der Waals surface area contributed by atoms with Gasteiger partial charge in [0.15, 0.2) is 12.5 Å². The molecule has 0 saturated carbocycles. The van der Waals surface area contributed by atoms with Crippen LogP contribution in [0.3, 0.4) is 0 Å². The molecule has 0 saturated heterocycles. The van der Waals surface area contributed by atoms with Gasteiger partial charge in [0, 0.05) is 34.0 Å². The lowest BCUT2D eigenvalue weighted by molar-refractivity contribution is -0.590. The highest BCUT2D eigenvalue weighted by Gasteiger charge is 2.21. The highest BCUT2D eigenvalue weighted by atomic mass is 35.5. The molecule has 3 heterocycles. The minimum atomic E-state index is -2.27. The van der Waals surface area contributed by atoms with Gasteiger partial charge >= 0.3 is 0 Å². The third-order valence-electron chi connectivity index (χ3n) is 2.43. The average Bonchev–Trinajstić information content (AvgIpc) is 2.94. The lowest BCUT2D eigenvalue weighted by atomic mass is 10.1. The molecule has 6 heteroatoms. The predicted molar refractivity (Wildman–Crippen MR) is 57.0 cm³/mol. The largest absolute Gasteiger partial charge is 0.276 e. The molecule has 80 valence electrons. The zero-order valence-electron chi connectivity index (χ0n) is 11.1. The maximum absolute atomic E-state index is 7.28. The Bertz CT molecular complexity index is 751. The van der Waals surface area contributed by atoms with Gasteiger partial charge in [-0.15, -0.1) is 0 Å². The van der Waals surface area contributed by atoms with E-state index in [-0.39, 0.29) is 5.92 Å². The van der Waals surface area contributed by atoms with Gasteiger partial charge in [-0.3, -0.25) is 4.68 Å². The molecule has 1 aliphatic heterocycles. The van der Waals surface area contributed by atoms with Crippen LogP contribution in [0.4, 0.5) is 0 Å². The van der Waals surface area contributed by atoms with Gasteiger partial charge in [-0.1, -0.05) is 16.0 Å². The number of aryl methyl sites for hydroxylation is 1. The first-order valence-corrected chi connectivity index (χ1v) is 5.00. The smallest absolute Gasteiger partial charge is 0.272 e. The van der Waals surface area contributed by atoms with E-state index in [9.17, 15) is 0 Å². The third-order valence-corrected chi connectivity index (χ3v) is 2.72. The fraction of sp³-hybridized carbons (Fsp3) is 0.200. The van der Waals surface area contributed by atoms with Crippen molar-refractivity contribution in [2.75, 3.05) is 0 Å². The summed E-state index contributed by atoms with van der Waals surface area (Å²) in [6.07, 6.45) is 8.08. The SMILES string of the molecule is [2H]C([2H])([2H])n1cc(C2C=c3c(Cl)ncn[n+]3=C2)cn1.